The molecule has 1 aromatic heterocycles. The van der Waals surface area contributed by atoms with Crippen molar-refractivity contribution in [3.8, 4) is 0 Å². The van der Waals surface area contributed by atoms with Crippen LogP contribution in [-0.4, -0.2) is 14.2 Å². The van der Waals surface area contributed by atoms with Crippen molar-refractivity contribution in [2.75, 3.05) is 0 Å². The maximum atomic E-state index is 11.2. The van der Waals surface area contributed by atoms with Crippen LogP contribution in [0.25, 0.3) is 0 Å². The molecule has 13 heavy (non-hydrogen) atoms. The second-order valence-electron chi connectivity index (χ2n) is 2.33. The molecular formula is C7H7ClO3S2. The molecule has 1 aromatic rings. The third kappa shape index (κ3) is 2.30. The highest BCUT2D eigenvalue weighted by atomic mass is 35.7. The fourth-order valence-corrected chi connectivity index (χ4v) is 3.30. The van der Waals surface area contributed by atoms with Gasteiger partial charge in [-0.15, -0.1) is 11.3 Å². The number of halogens is 1. The molecule has 0 aliphatic carbocycles. The molecule has 0 amide bonds. The van der Waals surface area contributed by atoms with Crippen LogP contribution in [0.1, 0.15) is 23.0 Å². The minimum Gasteiger partial charge on any atom is -0.293 e. The van der Waals surface area contributed by atoms with E-state index in [2.05, 4.69) is 0 Å². The lowest BCUT2D eigenvalue weighted by Gasteiger charge is -1.95. The highest BCUT2D eigenvalue weighted by Gasteiger charge is 2.20. The summed E-state index contributed by atoms with van der Waals surface area (Å²) in [7, 11) is 1.35. The molecule has 0 fully saturated rings. The summed E-state index contributed by atoms with van der Waals surface area (Å²) in [5.74, 6) is -0.200. The van der Waals surface area contributed by atoms with Crippen molar-refractivity contribution in [3.63, 3.8) is 0 Å². The van der Waals surface area contributed by atoms with Crippen molar-refractivity contribution in [2.24, 2.45) is 0 Å². The molecule has 0 bridgehead atoms. The van der Waals surface area contributed by atoms with E-state index in [9.17, 15) is 13.2 Å². The molecule has 0 spiro atoms. The fourth-order valence-electron chi connectivity index (χ4n) is 0.853. The Morgan fingerprint density at radius 2 is 2.23 bits per heavy atom. The summed E-state index contributed by atoms with van der Waals surface area (Å²) in [6.45, 7) is 1.67. The van der Waals surface area contributed by atoms with Gasteiger partial charge in [0.25, 0.3) is 9.05 Å². The lowest BCUT2D eigenvalue weighted by molar-refractivity contribution is 0.0989. The first-order valence-corrected chi connectivity index (χ1v) is 6.71. The quantitative estimate of drug-likeness (QED) is 0.600. The van der Waals surface area contributed by atoms with Gasteiger partial charge >= 0.3 is 0 Å². The van der Waals surface area contributed by atoms with E-state index in [1.54, 1.807) is 6.92 Å². The first-order chi connectivity index (χ1) is 5.96. The predicted molar refractivity (Wildman–Crippen MR) is 52.0 cm³/mol. The lowest BCUT2D eigenvalue weighted by atomic mass is 10.3. The Morgan fingerprint density at radius 3 is 2.69 bits per heavy atom. The number of carbonyl (C=O) groups is 1. The molecule has 0 atom stereocenters. The molecule has 72 valence electrons. The molecular weight excluding hydrogens is 232 g/mol. The molecule has 1 heterocycles. The Balaban J connectivity index is 3.26. The Bertz CT molecular complexity index is 419. The van der Waals surface area contributed by atoms with Gasteiger partial charge in [-0.3, -0.25) is 4.79 Å². The second kappa shape index (κ2) is 3.77. The van der Waals surface area contributed by atoms with Crippen LogP contribution < -0.4 is 0 Å². The summed E-state index contributed by atoms with van der Waals surface area (Å²) in [6, 6.07) is 1.34. The molecule has 0 radical (unpaired) electrons. The van der Waals surface area contributed by atoms with Gasteiger partial charge in [0.2, 0.25) is 0 Å². The van der Waals surface area contributed by atoms with Crippen LogP contribution in [0.2, 0.25) is 0 Å². The number of rotatable bonds is 3. The average Bonchev–Trinajstić information content (AvgIpc) is 2.49. The van der Waals surface area contributed by atoms with E-state index in [-0.39, 0.29) is 22.0 Å². The largest absolute Gasteiger partial charge is 0.293 e. The van der Waals surface area contributed by atoms with Gasteiger partial charge in [-0.05, 0) is 11.4 Å². The molecule has 1 rings (SSSR count). The van der Waals surface area contributed by atoms with Crippen molar-refractivity contribution in [1.82, 2.24) is 0 Å². The standard InChI is InChI=1S/C7H7ClO3S2/c1-2-5(9)7-6(3-4-12-7)13(8,10)11/h3-4H,2H2,1H3. The van der Waals surface area contributed by atoms with Crippen LogP contribution in [0.5, 0.6) is 0 Å². The van der Waals surface area contributed by atoms with Gasteiger partial charge < -0.3 is 0 Å². The number of Topliss-reactive ketones (excluding diaryl/α,β-unsaturated/α-hetero) is 1. The topological polar surface area (TPSA) is 51.2 Å². The fraction of sp³-hybridized carbons (Fsp3) is 0.286. The molecule has 0 saturated carbocycles. The van der Waals surface area contributed by atoms with Gasteiger partial charge in [0.05, 0.1) is 4.88 Å². The van der Waals surface area contributed by atoms with E-state index < -0.39 is 9.05 Å². The van der Waals surface area contributed by atoms with Crippen LogP contribution >= 0.6 is 22.0 Å². The van der Waals surface area contributed by atoms with Crippen molar-refractivity contribution in [2.45, 2.75) is 18.2 Å². The summed E-state index contributed by atoms with van der Waals surface area (Å²) in [5, 5.41) is 1.54. The van der Waals surface area contributed by atoms with Crippen LogP contribution in [-0.2, 0) is 9.05 Å². The van der Waals surface area contributed by atoms with E-state index in [0.717, 1.165) is 11.3 Å². The van der Waals surface area contributed by atoms with Gasteiger partial charge in [0.1, 0.15) is 4.90 Å². The molecule has 0 aliphatic heterocycles. The van der Waals surface area contributed by atoms with Crippen molar-refractivity contribution < 1.29 is 13.2 Å². The summed E-state index contributed by atoms with van der Waals surface area (Å²) in [5.41, 5.74) is 0. The summed E-state index contributed by atoms with van der Waals surface area (Å²) < 4.78 is 21.9. The summed E-state index contributed by atoms with van der Waals surface area (Å²) >= 11 is 1.10. The van der Waals surface area contributed by atoms with Gasteiger partial charge in [-0.1, -0.05) is 6.92 Å². The van der Waals surface area contributed by atoms with Gasteiger partial charge in [0.15, 0.2) is 5.78 Å². The van der Waals surface area contributed by atoms with Crippen molar-refractivity contribution in [3.05, 3.63) is 16.3 Å². The first kappa shape index (κ1) is 10.7. The zero-order valence-electron chi connectivity index (χ0n) is 6.78. The van der Waals surface area contributed by atoms with E-state index in [4.69, 9.17) is 10.7 Å². The van der Waals surface area contributed by atoms with Gasteiger partial charge in [0, 0.05) is 17.1 Å². The zero-order chi connectivity index (χ0) is 10.1. The average molecular weight is 239 g/mol. The molecule has 0 saturated heterocycles. The third-order valence-electron chi connectivity index (χ3n) is 1.47. The highest BCUT2D eigenvalue weighted by molar-refractivity contribution is 8.13. The maximum Gasteiger partial charge on any atom is 0.262 e. The number of thiophene rings is 1. The number of ketones is 1. The van der Waals surface area contributed by atoms with Crippen LogP contribution in [0.3, 0.4) is 0 Å². The minimum atomic E-state index is -3.78. The normalized spacial score (nSPS) is 11.5. The molecule has 3 nitrogen and oxygen atoms in total. The summed E-state index contributed by atoms with van der Waals surface area (Å²) in [6.07, 6.45) is 0.278. The summed E-state index contributed by atoms with van der Waals surface area (Å²) in [4.78, 5) is 11.4. The minimum absolute atomic E-state index is 0.0778. The highest BCUT2D eigenvalue weighted by Crippen LogP contribution is 2.26. The van der Waals surface area contributed by atoms with Crippen molar-refractivity contribution >= 4 is 36.9 Å². The molecule has 0 unspecified atom stereocenters. The van der Waals surface area contributed by atoms with E-state index in [0.29, 0.717) is 0 Å². The van der Waals surface area contributed by atoms with Crippen LogP contribution in [0, 0.1) is 0 Å². The van der Waals surface area contributed by atoms with Gasteiger partial charge in [-0.2, -0.15) is 0 Å². The Labute approximate surface area is 84.8 Å². The SMILES string of the molecule is CCC(=O)c1sccc1S(=O)(=O)Cl. The molecule has 0 aromatic carbocycles. The smallest absolute Gasteiger partial charge is 0.262 e. The number of carbonyl (C=O) groups excluding carboxylic acids is 1. The maximum absolute atomic E-state index is 11.2. The van der Waals surface area contributed by atoms with Crippen LogP contribution in [0.15, 0.2) is 16.3 Å². The zero-order valence-corrected chi connectivity index (χ0v) is 9.17. The van der Waals surface area contributed by atoms with Crippen molar-refractivity contribution in [1.29, 1.82) is 0 Å². The third-order valence-corrected chi connectivity index (χ3v) is 3.92. The number of hydrogen-bond donors (Lipinski definition) is 0. The van der Waals surface area contributed by atoms with Crippen LogP contribution in [0.4, 0.5) is 0 Å². The molecule has 0 aliphatic rings. The Morgan fingerprint density at radius 1 is 1.62 bits per heavy atom. The Kier molecular flexibility index (Phi) is 3.10. The van der Waals surface area contributed by atoms with Gasteiger partial charge in [-0.25, -0.2) is 8.42 Å². The lowest BCUT2D eigenvalue weighted by Crippen LogP contribution is -1.99. The first-order valence-electron chi connectivity index (χ1n) is 3.52. The van der Waals surface area contributed by atoms with E-state index in [1.165, 1.54) is 11.4 Å². The second-order valence-corrected chi connectivity index (χ2v) is 5.78. The monoisotopic (exact) mass is 238 g/mol. The Hall–Kier alpha value is -0.390. The van der Waals surface area contributed by atoms with E-state index in [1.807, 2.05) is 0 Å². The predicted octanol–water partition coefficient (Wildman–Crippen LogP) is 2.27. The number of hydrogen-bond acceptors (Lipinski definition) is 4. The van der Waals surface area contributed by atoms with E-state index >= 15 is 0 Å². The molecule has 6 heteroatoms. The molecule has 0 N–H and O–H groups in total.